The van der Waals surface area contributed by atoms with Crippen LogP contribution in [0.25, 0.3) is 0 Å². The quantitative estimate of drug-likeness (QED) is 0.909. The lowest BCUT2D eigenvalue weighted by atomic mass is 9.71. The summed E-state index contributed by atoms with van der Waals surface area (Å²) in [4.78, 5) is 12.9. The van der Waals surface area contributed by atoms with Crippen LogP contribution in [0.5, 0.6) is 0 Å². The van der Waals surface area contributed by atoms with Crippen molar-refractivity contribution in [3.63, 3.8) is 0 Å². The van der Waals surface area contributed by atoms with Crippen LogP contribution in [0.15, 0.2) is 0 Å². The Hall–Kier alpha value is -0.870. The molecule has 0 saturated carbocycles. The lowest BCUT2D eigenvalue weighted by Gasteiger charge is -2.36. The molecule has 1 N–H and O–H groups in total. The van der Waals surface area contributed by atoms with E-state index in [2.05, 4.69) is 17.3 Å². The molecular formula is C15H24ClN3O. The van der Waals surface area contributed by atoms with Crippen molar-refractivity contribution in [1.82, 2.24) is 15.1 Å². The summed E-state index contributed by atoms with van der Waals surface area (Å²) in [5.41, 5.74) is 1.48. The van der Waals surface area contributed by atoms with Crippen molar-refractivity contribution in [2.75, 3.05) is 13.1 Å². The number of carbonyl (C=O) groups excluding carboxylic acids is 1. The Labute approximate surface area is 125 Å². The molecule has 4 nitrogen and oxygen atoms in total. The minimum Gasteiger partial charge on any atom is -0.317 e. The van der Waals surface area contributed by atoms with Crippen molar-refractivity contribution in [2.24, 2.45) is 12.5 Å². The normalized spacial score (nSPS) is 18.2. The van der Waals surface area contributed by atoms with Crippen molar-refractivity contribution in [2.45, 2.75) is 46.0 Å². The maximum Gasteiger partial charge on any atom is 0.145 e. The van der Waals surface area contributed by atoms with Crippen LogP contribution in [-0.2, 0) is 18.3 Å². The van der Waals surface area contributed by atoms with Crippen LogP contribution in [0.4, 0.5) is 0 Å². The first-order chi connectivity index (χ1) is 9.50. The first-order valence-corrected chi connectivity index (χ1v) is 7.80. The van der Waals surface area contributed by atoms with Gasteiger partial charge < -0.3 is 5.32 Å². The Bertz CT molecular complexity index is 484. The van der Waals surface area contributed by atoms with Crippen molar-refractivity contribution in [1.29, 1.82) is 0 Å². The lowest BCUT2D eigenvalue weighted by molar-refractivity contribution is -0.130. The van der Waals surface area contributed by atoms with Gasteiger partial charge in [0.2, 0.25) is 0 Å². The molecule has 2 rings (SSSR count). The SMILES string of the molecule is CCCC1(C(=O)Cc2c(Cl)c(C)nn2C)CCNCC1. The molecule has 1 aromatic heterocycles. The largest absolute Gasteiger partial charge is 0.317 e. The van der Waals surface area contributed by atoms with Gasteiger partial charge in [-0.1, -0.05) is 24.9 Å². The number of Topliss-reactive ketones (excluding diaryl/α,β-unsaturated/α-hetero) is 1. The number of rotatable bonds is 5. The zero-order valence-electron chi connectivity index (χ0n) is 12.6. The number of nitrogens with one attached hydrogen (secondary N) is 1. The summed E-state index contributed by atoms with van der Waals surface area (Å²) in [6, 6.07) is 0. The number of piperidine rings is 1. The molecule has 2 heterocycles. The van der Waals surface area contributed by atoms with E-state index < -0.39 is 0 Å². The molecule has 1 saturated heterocycles. The number of hydrogen-bond acceptors (Lipinski definition) is 3. The predicted octanol–water partition coefficient (Wildman–Crippen LogP) is 2.66. The number of hydrogen-bond donors (Lipinski definition) is 1. The molecule has 0 radical (unpaired) electrons. The zero-order valence-corrected chi connectivity index (χ0v) is 13.4. The molecule has 0 aromatic carbocycles. The van der Waals surface area contributed by atoms with E-state index in [1.54, 1.807) is 4.68 Å². The van der Waals surface area contributed by atoms with E-state index in [-0.39, 0.29) is 5.41 Å². The average Bonchev–Trinajstić information content (AvgIpc) is 2.67. The Kier molecular flexibility index (Phi) is 4.86. The van der Waals surface area contributed by atoms with E-state index in [0.29, 0.717) is 17.2 Å². The number of aromatic nitrogens is 2. The van der Waals surface area contributed by atoms with Gasteiger partial charge in [-0.2, -0.15) is 5.10 Å². The minimum atomic E-state index is -0.165. The zero-order chi connectivity index (χ0) is 14.8. The molecule has 0 amide bonds. The Morgan fingerprint density at radius 1 is 1.45 bits per heavy atom. The smallest absolute Gasteiger partial charge is 0.145 e. The van der Waals surface area contributed by atoms with Crippen LogP contribution < -0.4 is 5.32 Å². The van der Waals surface area contributed by atoms with Crippen molar-refractivity contribution in [3.05, 3.63) is 16.4 Å². The van der Waals surface area contributed by atoms with Gasteiger partial charge in [0.05, 0.1) is 22.8 Å². The Morgan fingerprint density at radius 3 is 2.60 bits per heavy atom. The number of halogens is 1. The Balaban J connectivity index is 2.20. The molecule has 0 bridgehead atoms. The van der Waals surface area contributed by atoms with E-state index in [1.165, 1.54) is 0 Å². The third-order valence-corrected chi connectivity index (χ3v) is 4.96. The summed E-state index contributed by atoms with van der Waals surface area (Å²) in [6.45, 7) is 5.90. The van der Waals surface area contributed by atoms with Gasteiger partial charge in [0.25, 0.3) is 0 Å². The molecule has 112 valence electrons. The highest BCUT2D eigenvalue weighted by molar-refractivity contribution is 6.32. The van der Waals surface area contributed by atoms with E-state index >= 15 is 0 Å². The highest BCUT2D eigenvalue weighted by Crippen LogP contribution is 2.36. The number of nitrogens with zero attached hydrogens (tertiary/aromatic N) is 2. The van der Waals surface area contributed by atoms with Crippen molar-refractivity contribution in [3.8, 4) is 0 Å². The van der Waals surface area contributed by atoms with Crippen LogP contribution in [0.2, 0.25) is 5.02 Å². The number of carbonyl (C=O) groups is 1. The Morgan fingerprint density at radius 2 is 2.10 bits per heavy atom. The lowest BCUT2D eigenvalue weighted by Crippen LogP contribution is -2.43. The monoisotopic (exact) mass is 297 g/mol. The molecule has 5 heteroatoms. The van der Waals surface area contributed by atoms with Crippen LogP contribution >= 0.6 is 11.6 Å². The molecule has 1 fully saturated rings. The average molecular weight is 298 g/mol. The molecule has 0 spiro atoms. The second-order valence-electron chi connectivity index (χ2n) is 5.85. The highest BCUT2D eigenvalue weighted by atomic mass is 35.5. The third-order valence-electron chi connectivity index (χ3n) is 4.47. The van der Waals surface area contributed by atoms with Gasteiger partial charge in [0, 0.05) is 12.5 Å². The van der Waals surface area contributed by atoms with Gasteiger partial charge in [0.15, 0.2) is 0 Å². The standard InChI is InChI=1S/C15H24ClN3O/c1-4-5-15(6-8-17-9-7-15)13(20)10-12-14(16)11(2)18-19(12)3/h17H,4-10H2,1-3H3. The highest BCUT2D eigenvalue weighted by Gasteiger charge is 2.38. The summed E-state index contributed by atoms with van der Waals surface area (Å²) >= 11 is 6.27. The molecule has 1 aliphatic rings. The van der Waals surface area contributed by atoms with Gasteiger partial charge in [-0.25, -0.2) is 0 Å². The molecule has 1 aliphatic heterocycles. The second kappa shape index (κ2) is 6.27. The molecule has 0 aliphatic carbocycles. The molecule has 1 aromatic rings. The topological polar surface area (TPSA) is 46.9 Å². The van der Waals surface area contributed by atoms with Crippen LogP contribution in [0.1, 0.15) is 44.0 Å². The summed E-state index contributed by atoms with van der Waals surface area (Å²) in [5.74, 6) is 0.325. The van der Waals surface area contributed by atoms with Crippen LogP contribution in [0.3, 0.4) is 0 Å². The van der Waals surface area contributed by atoms with Crippen molar-refractivity contribution >= 4 is 17.4 Å². The number of ketones is 1. The van der Waals surface area contributed by atoms with Crippen LogP contribution in [-0.4, -0.2) is 28.7 Å². The summed E-state index contributed by atoms with van der Waals surface area (Å²) in [6.07, 6.45) is 4.30. The van der Waals surface area contributed by atoms with Gasteiger partial charge in [-0.3, -0.25) is 9.48 Å². The van der Waals surface area contributed by atoms with Crippen molar-refractivity contribution < 1.29 is 4.79 Å². The van der Waals surface area contributed by atoms with E-state index in [0.717, 1.165) is 50.2 Å². The van der Waals surface area contributed by atoms with Crippen LogP contribution in [0, 0.1) is 12.3 Å². The summed E-state index contributed by atoms with van der Waals surface area (Å²) < 4.78 is 1.75. The van der Waals surface area contributed by atoms with E-state index in [9.17, 15) is 4.79 Å². The second-order valence-corrected chi connectivity index (χ2v) is 6.23. The fourth-order valence-corrected chi connectivity index (χ4v) is 3.49. The predicted molar refractivity (Wildman–Crippen MR) is 81.1 cm³/mol. The van der Waals surface area contributed by atoms with Gasteiger partial charge in [0.1, 0.15) is 5.78 Å². The first kappa shape index (κ1) is 15.5. The number of aryl methyl sites for hydroxylation is 2. The summed E-state index contributed by atoms with van der Waals surface area (Å²) in [7, 11) is 1.86. The summed E-state index contributed by atoms with van der Waals surface area (Å²) in [5, 5.41) is 8.29. The van der Waals surface area contributed by atoms with E-state index in [4.69, 9.17) is 11.6 Å². The fourth-order valence-electron chi connectivity index (χ4n) is 3.26. The maximum atomic E-state index is 12.9. The van der Waals surface area contributed by atoms with Gasteiger partial charge in [-0.05, 0) is 39.3 Å². The van der Waals surface area contributed by atoms with E-state index in [1.807, 2.05) is 14.0 Å². The first-order valence-electron chi connectivity index (χ1n) is 7.42. The third kappa shape index (κ3) is 2.91. The van der Waals surface area contributed by atoms with Gasteiger partial charge in [-0.15, -0.1) is 0 Å². The molecular weight excluding hydrogens is 274 g/mol. The molecule has 20 heavy (non-hydrogen) atoms. The molecule has 0 atom stereocenters. The minimum absolute atomic E-state index is 0.165. The molecule has 0 unspecified atom stereocenters. The van der Waals surface area contributed by atoms with Gasteiger partial charge >= 0.3 is 0 Å². The fraction of sp³-hybridized carbons (Fsp3) is 0.733. The maximum absolute atomic E-state index is 12.9.